The van der Waals surface area contributed by atoms with Gasteiger partial charge in [0, 0.05) is 16.5 Å². The van der Waals surface area contributed by atoms with Crippen LogP contribution in [0.3, 0.4) is 0 Å². The number of fused-ring (bicyclic) bond motifs is 1. The Morgan fingerprint density at radius 1 is 1.20 bits per heavy atom. The van der Waals surface area contributed by atoms with Crippen LogP contribution in [0.15, 0.2) is 59.0 Å². The van der Waals surface area contributed by atoms with Gasteiger partial charge in [0.2, 0.25) is 0 Å². The normalized spacial score (nSPS) is 10.9. The number of ether oxygens (including phenoxy) is 2. The van der Waals surface area contributed by atoms with Gasteiger partial charge in [0.15, 0.2) is 0 Å². The van der Waals surface area contributed by atoms with Gasteiger partial charge in [-0.25, -0.2) is 14.2 Å². The van der Waals surface area contributed by atoms with E-state index in [4.69, 9.17) is 9.47 Å². The molecule has 0 amide bonds. The highest BCUT2D eigenvalue weighted by molar-refractivity contribution is 7.17. The average Bonchev–Trinajstić information content (AvgIpc) is 3.20. The van der Waals surface area contributed by atoms with Crippen LogP contribution in [-0.2, 0) is 11.3 Å². The summed E-state index contributed by atoms with van der Waals surface area (Å²) in [5.41, 5.74) is 2.69. The molecule has 0 aliphatic carbocycles. The van der Waals surface area contributed by atoms with Crippen molar-refractivity contribution in [2.75, 3.05) is 14.2 Å². The third-order valence-electron chi connectivity index (χ3n) is 4.72. The van der Waals surface area contributed by atoms with Gasteiger partial charge in [-0.1, -0.05) is 12.1 Å². The molecule has 0 N–H and O–H groups in total. The quantitative estimate of drug-likeness (QED) is 0.451. The number of halogens is 1. The van der Waals surface area contributed by atoms with Crippen molar-refractivity contribution in [3.05, 3.63) is 81.5 Å². The van der Waals surface area contributed by atoms with Crippen molar-refractivity contribution < 1.29 is 18.7 Å². The summed E-state index contributed by atoms with van der Waals surface area (Å²) in [6.45, 7) is 0.170. The highest BCUT2D eigenvalue weighted by Crippen LogP contribution is 2.31. The SMILES string of the molecule is COC(=O)c1ccc(OC)c(Cn2cnc3c(-c4cccc(F)c4)csc3c2=O)c1. The molecule has 0 spiro atoms. The van der Waals surface area contributed by atoms with E-state index in [9.17, 15) is 14.0 Å². The van der Waals surface area contributed by atoms with Gasteiger partial charge in [-0.3, -0.25) is 9.36 Å². The van der Waals surface area contributed by atoms with Crippen LogP contribution in [0, 0.1) is 5.82 Å². The van der Waals surface area contributed by atoms with Crippen LogP contribution >= 0.6 is 11.3 Å². The van der Waals surface area contributed by atoms with E-state index in [0.29, 0.717) is 38.2 Å². The van der Waals surface area contributed by atoms with E-state index in [-0.39, 0.29) is 17.9 Å². The van der Waals surface area contributed by atoms with Gasteiger partial charge in [-0.05, 0) is 35.9 Å². The molecule has 0 atom stereocenters. The van der Waals surface area contributed by atoms with Gasteiger partial charge in [0.05, 0.1) is 38.2 Å². The zero-order chi connectivity index (χ0) is 21.3. The number of hydrogen-bond acceptors (Lipinski definition) is 6. The van der Waals surface area contributed by atoms with Crippen molar-refractivity contribution in [2.45, 2.75) is 6.54 Å². The summed E-state index contributed by atoms with van der Waals surface area (Å²) in [5.74, 6) is -0.281. The summed E-state index contributed by atoms with van der Waals surface area (Å²) in [6, 6.07) is 11.1. The molecule has 6 nitrogen and oxygen atoms in total. The fraction of sp³-hybridized carbons (Fsp3) is 0.136. The maximum Gasteiger partial charge on any atom is 0.337 e. The fourth-order valence-electron chi connectivity index (χ4n) is 3.25. The van der Waals surface area contributed by atoms with E-state index in [0.717, 1.165) is 0 Å². The lowest BCUT2D eigenvalue weighted by Crippen LogP contribution is -2.21. The van der Waals surface area contributed by atoms with Gasteiger partial charge >= 0.3 is 5.97 Å². The number of methoxy groups -OCH3 is 2. The summed E-state index contributed by atoms with van der Waals surface area (Å²) in [5, 5.41) is 1.80. The number of hydrogen-bond donors (Lipinski definition) is 0. The summed E-state index contributed by atoms with van der Waals surface area (Å²) >= 11 is 1.26. The molecule has 2 aromatic heterocycles. The first-order valence-corrected chi connectivity index (χ1v) is 9.87. The molecule has 0 bridgehead atoms. The molecule has 0 fully saturated rings. The van der Waals surface area contributed by atoms with Crippen LogP contribution in [0.5, 0.6) is 5.75 Å². The first kappa shape index (κ1) is 19.8. The Morgan fingerprint density at radius 3 is 2.77 bits per heavy atom. The Labute approximate surface area is 175 Å². The maximum atomic E-state index is 13.6. The van der Waals surface area contributed by atoms with Gasteiger partial charge in [-0.15, -0.1) is 11.3 Å². The predicted octanol–water partition coefficient (Wildman–Crippen LogP) is 4.11. The summed E-state index contributed by atoms with van der Waals surface area (Å²) in [4.78, 5) is 29.3. The minimum absolute atomic E-state index is 0.170. The summed E-state index contributed by atoms with van der Waals surface area (Å²) < 4.78 is 25.7. The average molecular weight is 424 g/mol. The second-order valence-corrected chi connectivity index (χ2v) is 7.41. The monoisotopic (exact) mass is 424 g/mol. The number of carbonyl (C=O) groups excluding carboxylic acids is 1. The van der Waals surface area contributed by atoms with E-state index in [2.05, 4.69) is 4.98 Å². The van der Waals surface area contributed by atoms with Crippen molar-refractivity contribution >= 4 is 27.5 Å². The topological polar surface area (TPSA) is 70.4 Å². The molecule has 30 heavy (non-hydrogen) atoms. The lowest BCUT2D eigenvalue weighted by Gasteiger charge is -2.12. The van der Waals surface area contributed by atoms with Crippen molar-refractivity contribution in [1.29, 1.82) is 0 Å². The molecule has 4 aromatic rings. The van der Waals surface area contributed by atoms with Crippen LogP contribution in [-0.4, -0.2) is 29.7 Å². The Bertz CT molecular complexity index is 1310. The Kier molecular flexibility index (Phi) is 5.33. The van der Waals surface area contributed by atoms with Gasteiger partial charge in [0.25, 0.3) is 5.56 Å². The summed E-state index contributed by atoms with van der Waals surface area (Å²) in [7, 11) is 2.83. The molecule has 152 valence electrons. The molecule has 4 rings (SSSR count). The number of thiophene rings is 1. The van der Waals surface area contributed by atoms with Gasteiger partial charge in [-0.2, -0.15) is 0 Å². The molecule has 8 heteroatoms. The minimum atomic E-state index is -0.474. The van der Waals surface area contributed by atoms with Gasteiger partial charge < -0.3 is 9.47 Å². The molecular formula is C22H17FN2O4S. The molecule has 2 heterocycles. The standard InChI is InChI=1S/C22H17FN2O4S/c1-28-18-7-6-14(22(27)29-2)8-15(18)10-25-12-24-19-17(11-30-20(19)21(25)26)13-4-3-5-16(23)9-13/h3-9,11-12H,10H2,1-2H3. The Balaban J connectivity index is 1.76. The van der Waals surface area contributed by atoms with E-state index >= 15 is 0 Å². The molecule has 2 aromatic carbocycles. The van der Waals surface area contributed by atoms with Crippen molar-refractivity contribution in [3.8, 4) is 16.9 Å². The zero-order valence-corrected chi connectivity index (χ0v) is 17.0. The minimum Gasteiger partial charge on any atom is -0.496 e. The highest BCUT2D eigenvalue weighted by atomic mass is 32.1. The number of carbonyl (C=O) groups is 1. The van der Waals surface area contributed by atoms with Crippen molar-refractivity contribution in [1.82, 2.24) is 9.55 Å². The molecule has 0 saturated carbocycles. The Morgan fingerprint density at radius 2 is 2.03 bits per heavy atom. The zero-order valence-electron chi connectivity index (χ0n) is 16.2. The van der Waals surface area contributed by atoms with E-state index < -0.39 is 5.97 Å². The maximum absolute atomic E-state index is 13.6. The number of esters is 1. The number of aromatic nitrogens is 2. The Hall–Kier alpha value is -3.52. The first-order chi connectivity index (χ1) is 14.5. The predicted molar refractivity (Wildman–Crippen MR) is 113 cm³/mol. The number of rotatable bonds is 5. The highest BCUT2D eigenvalue weighted by Gasteiger charge is 2.15. The molecular weight excluding hydrogens is 407 g/mol. The van der Waals surface area contributed by atoms with E-state index in [1.165, 1.54) is 48.6 Å². The molecule has 0 aliphatic rings. The van der Waals surface area contributed by atoms with Crippen LogP contribution in [0.1, 0.15) is 15.9 Å². The van der Waals surface area contributed by atoms with Crippen molar-refractivity contribution in [3.63, 3.8) is 0 Å². The number of benzene rings is 2. The second-order valence-electron chi connectivity index (χ2n) is 6.53. The smallest absolute Gasteiger partial charge is 0.337 e. The summed E-state index contributed by atoms with van der Waals surface area (Å²) in [6.07, 6.45) is 1.45. The van der Waals surface area contributed by atoms with E-state index in [1.807, 2.05) is 0 Å². The lowest BCUT2D eigenvalue weighted by molar-refractivity contribution is 0.0600. The van der Waals surface area contributed by atoms with Crippen molar-refractivity contribution in [2.24, 2.45) is 0 Å². The molecule has 0 unspecified atom stereocenters. The van der Waals surface area contributed by atoms with Gasteiger partial charge in [0.1, 0.15) is 16.3 Å². The lowest BCUT2D eigenvalue weighted by atomic mass is 10.1. The van der Waals surface area contributed by atoms with E-state index in [1.54, 1.807) is 35.7 Å². The first-order valence-electron chi connectivity index (χ1n) is 8.99. The molecule has 0 saturated heterocycles. The largest absolute Gasteiger partial charge is 0.496 e. The third kappa shape index (κ3) is 3.57. The van der Waals surface area contributed by atoms with Crippen LogP contribution in [0.2, 0.25) is 0 Å². The van der Waals surface area contributed by atoms with Crippen LogP contribution < -0.4 is 10.3 Å². The van der Waals surface area contributed by atoms with Crippen LogP contribution in [0.4, 0.5) is 4.39 Å². The fourth-order valence-corrected chi connectivity index (χ4v) is 4.22. The molecule has 0 aliphatic heterocycles. The number of nitrogens with zero attached hydrogens (tertiary/aromatic N) is 2. The van der Waals surface area contributed by atoms with Crippen LogP contribution in [0.25, 0.3) is 21.3 Å². The third-order valence-corrected chi connectivity index (χ3v) is 5.68. The second kappa shape index (κ2) is 8.08. The molecule has 0 radical (unpaired) electrons.